The monoisotopic (exact) mass is 511 g/mol. The second kappa shape index (κ2) is 8.91. The van der Waals surface area contributed by atoms with Crippen molar-refractivity contribution in [3.63, 3.8) is 0 Å². The van der Waals surface area contributed by atoms with Crippen LogP contribution in [0.5, 0.6) is 11.6 Å². The van der Waals surface area contributed by atoms with Gasteiger partial charge in [0.25, 0.3) is 11.8 Å². The van der Waals surface area contributed by atoms with E-state index in [2.05, 4.69) is 20.9 Å². The highest BCUT2D eigenvalue weighted by molar-refractivity contribution is 6.07. The van der Waals surface area contributed by atoms with Crippen molar-refractivity contribution in [2.45, 2.75) is 31.0 Å². The van der Waals surface area contributed by atoms with Crippen molar-refractivity contribution in [3.05, 3.63) is 78.1 Å². The van der Waals surface area contributed by atoms with Gasteiger partial charge in [-0.05, 0) is 48.7 Å². The molecule has 10 heteroatoms. The first-order chi connectivity index (χ1) is 18.4. The van der Waals surface area contributed by atoms with E-state index in [-0.39, 0.29) is 24.4 Å². The Balaban J connectivity index is 1.33. The molecular formula is C28H25N5O5. The van der Waals surface area contributed by atoms with Crippen LogP contribution in [0.3, 0.4) is 0 Å². The van der Waals surface area contributed by atoms with Gasteiger partial charge in [-0.2, -0.15) is 0 Å². The van der Waals surface area contributed by atoms with Gasteiger partial charge in [-0.1, -0.05) is 24.3 Å². The van der Waals surface area contributed by atoms with Gasteiger partial charge in [-0.15, -0.1) is 0 Å². The van der Waals surface area contributed by atoms with Crippen molar-refractivity contribution in [1.82, 2.24) is 25.5 Å². The number of aromatic nitrogens is 2. The van der Waals surface area contributed by atoms with E-state index in [1.165, 1.54) is 4.57 Å². The smallest absolute Gasteiger partial charge is 0.322 e. The van der Waals surface area contributed by atoms with E-state index in [1.807, 2.05) is 6.07 Å². The summed E-state index contributed by atoms with van der Waals surface area (Å²) in [5, 5.41) is 20.3. The van der Waals surface area contributed by atoms with Crippen molar-refractivity contribution in [2.24, 2.45) is 0 Å². The van der Waals surface area contributed by atoms with Crippen molar-refractivity contribution < 1.29 is 24.2 Å². The molecule has 2 aromatic carbocycles. The maximum atomic E-state index is 13.1. The SMILES string of the molecule is COc1ccc2cn(C[C@@]3(c4ccc(-c5cc(C(=O)NC6CC6)ccn5)cc4)NC(=O)NC3=O)c(O)c2c1. The summed E-state index contributed by atoms with van der Waals surface area (Å²) < 4.78 is 6.79. The number of imide groups is 1. The van der Waals surface area contributed by atoms with Crippen molar-refractivity contribution in [1.29, 1.82) is 0 Å². The van der Waals surface area contributed by atoms with E-state index in [0.29, 0.717) is 28.0 Å². The van der Waals surface area contributed by atoms with E-state index in [9.17, 15) is 19.5 Å². The quantitative estimate of drug-likeness (QED) is 0.282. The number of aromatic hydroxyl groups is 1. The lowest BCUT2D eigenvalue weighted by Gasteiger charge is -2.27. The Morgan fingerprint density at radius 3 is 2.63 bits per heavy atom. The topological polar surface area (TPSA) is 135 Å². The molecule has 2 aliphatic rings. The molecule has 4 N–H and O–H groups in total. The van der Waals surface area contributed by atoms with Gasteiger partial charge in [0.05, 0.1) is 19.3 Å². The second-order valence-electron chi connectivity index (χ2n) is 9.60. The van der Waals surface area contributed by atoms with E-state index >= 15 is 0 Å². The third-order valence-electron chi connectivity index (χ3n) is 7.03. The molecule has 0 spiro atoms. The lowest BCUT2D eigenvalue weighted by molar-refractivity contribution is -0.124. The summed E-state index contributed by atoms with van der Waals surface area (Å²) in [6, 6.07) is 15.4. The molecule has 0 bridgehead atoms. The van der Waals surface area contributed by atoms with Gasteiger partial charge in [0.15, 0.2) is 11.4 Å². The second-order valence-corrected chi connectivity index (χ2v) is 9.60. The zero-order chi connectivity index (χ0) is 26.4. The number of carbonyl (C=O) groups is 3. The Bertz CT molecular complexity index is 1590. The van der Waals surface area contributed by atoms with Gasteiger partial charge < -0.3 is 25.0 Å². The van der Waals surface area contributed by atoms with E-state index in [1.54, 1.807) is 68.0 Å². The molecule has 3 heterocycles. The maximum absolute atomic E-state index is 13.1. The molecule has 2 fully saturated rings. The van der Waals surface area contributed by atoms with Crippen LogP contribution in [0.2, 0.25) is 0 Å². The van der Waals surface area contributed by atoms with Crippen molar-refractivity contribution in [3.8, 4) is 22.9 Å². The molecular weight excluding hydrogens is 486 g/mol. The van der Waals surface area contributed by atoms with Crippen LogP contribution >= 0.6 is 0 Å². The lowest BCUT2D eigenvalue weighted by Crippen LogP contribution is -2.47. The van der Waals surface area contributed by atoms with Gasteiger partial charge in [-0.3, -0.25) is 19.9 Å². The van der Waals surface area contributed by atoms with E-state index in [4.69, 9.17) is 4.74 Å². The molecule has 1 aliphatic heterocycles. The summed E-state index contributed by atoms with van der Waals surface area (Å²) in [6.07, 6.45) is 5.32. The van der Waals surface area contributed by atoms with Crippen LogP contribution in [0.4, 0.5) is 4.79 Å². The standard InChI is InChI=1S/C28H25N5O5/c1-38-21-9-4-18-14-33(25(35)22(18)13-21)15-28(26(36)31-27(37)32-28)19-5-2-16(3-6-19)23-12-17(10-11-29-23)24(34)30-20-7-8-20/h2-6,9-14,20,35H,7-8,15H2,1H3,(H,30,34)(H2,31,32,36,37)/t28-/m0/s1. The predicted molar refractivity (Wildman–Crippen MR) is 139 cm³/mol. The number of benzene rings is 2. The Morgan fingerprint density at radius 2 is 1.95 bits per heavy atom. The number of amides is 4. The van der Waals surface area contributed by atoms with Gasteiger partial charge in [0.2, 0.25) is 0 Å². The molecule has 2 aromatic heterocycles. The fraction of sp³-hybridized carbons (Fsp3) is 0.214. The average molecular weight is 512 g/mol. The van der Waals surface area contributed by atoms with Gasteiger partial charge in [-0.25, -0.2) is 4.79 Å². The first-order valence-electron chi connectivity index (χ1n) is 12.2. The minimum absolute atomic E-state index is 0.0399. The number of urea groups is 1. The molecule has 1 saturated carbocycles. The summed E-state index contributed by atoms with van der Waals surface area (Å²) in [5.74, 6) is -0.116. The third kappa shape index (κ3) is 4.09. The van der Waals surface area contributed by atoms with Crippen molar-refractivity contribution >= 4 is 28.6 Å². The molecule has 0 unspecified atom stereocenters. The maximum Gasteiger partial charge on any atom is 0.322 e. The predicted octanol–water partition coefficient (Wildman–Crippen LogP) is 3.04. The molecule has 38 heavy (non-hydrogen) atoms. The summed E-state index contributed by atoms with van der Waals surface area (Å²) in [5.41, 5.74) is 0.957. The van der Waals surface area contributed by atoms with Crippen LogP contribution in [-0.2, 0) is 16.9 Å². The Kier molecular flexibility index (Phi) is 5.52. The summed E-state index contributed by atoms with van der Waals surface area (Å²) in [7, 11) is 1.54. The number of nitrogens with zero attached hydrogens (tertiary/aromatic N) is 2. The fourth-order valence-electron chi connectivity index (χ4n) is 4.78. The lowest BCUT2D eigenvalue weighted by atomic mass is 9.88. The van der Waals surface area contributed by atoms with Crippen LogP contribution in [0.15, 0.2) is 67.0 Å². The number of methoxy groups -OCH3 is 1. The summed E-state index contributed by atoms with van der Waals surface area (Å²) in [4.78, 5) is 42.3. The molecule has 4 amide bonds. The highest BCUT2D eigenvalue weighted by Gasteiger charge is 2.48. The number of ether oxygens (including phenoxy) is 1. The number of pyridine rings is 1. The van der Waals surface area contributed by atoms with Crippen LogP contribution in [0, 0.1) is 0 Å². The van der Waals surface area contributed by atoms with Gasteiger partial charge in [0.1, 0.15) is 5.75 Å². The van der Waals surface area contributed by atoms with Crippen LogP contribution in [0.1, 0.15) is 28.8 Å². The molecule has 1 atom stereocenters. The average Bonchev–Trinajstić information content (AvgIpc) is 3.63. The minimum Gasteiger partial charge on any atom is -0.497 e. The zero-order valence-corrected chi connectivity index (χ0v) is 20.5. The van der Waals surface area contributed by atoms with Gasteiger partial charge >= 0.3 is 6.03 Å². The van der Waals surface area contributed by atoms with Crippen LogP contribution in [0.25, 0.3) is 22.0 Å². The fourth-order valence-corrected chi connectivity index (χ4v) is 4.78. The van der Waals surface area contributed by atoms with Crippen LogP contribution in [-0.4, -0.2) is 45.7 Å². The molecule has 10 nitrogen and oxygen atoms in total. The zero-order valence-electron chi connectivity index (χ0n) is 20.5. The summed E-state index contributed by atoms with van der Waals surface area (Å²) >= 11 is 0. The Labute approximate surface area is 217 Å². The highest BCUT2D eigenvalue weighted by atomic mass is 16.5. The minimum atomic E-state index is -1.45. The molecule has 1 saturated heterocycles. The number of hydrogen-bond donors (Lipinski definition) is 4. The molecule has 6 rings (SSSR count). The first kappa shape index (κ1) is 23.5. The normalized spacial score (nSPS) is 18.8. The van der Waals surface area contributed by atoms with Crippen LogP contribution < -0.4 is 20.7 Å². The number of hydrogen-bond acceptors (Lipinski definition) is 6. The number of nitrogens with one attached hydrogen (secondary N) is 3. The number of fused-ring (bicyclic) bond motifs is 1. The highest BCUT2D eigenvalue weighted by Crippen LogP contribution is 2.35. The molecule has 192 valence electrons. The molecule has 0 radical (unpaired) electrons. The Morgan fingerprint density at radius 1 is 1.16 bits per heavy atom. The first-order valence-corrected chi connectivity index (χ1v) is 12.2. The molecule has 4 aromatic rings. The molecule has 1 aliphatic carbocycles. The number of rotatable bonds is 7. The summed E-state index contributed by atoms with van der Waals surface area (Å²) in [6.45, 7) is -0.0399. The van der Waals surface area contributed by atoms with Gasteiger partial charge in [0, 0.05) is 40.3 Å². The van der Waals surface area contributed by atoms with Crippen molar-refractivity contribution in [2.75, 3.05) is 7.11 Å². The Hall–Kier alpha value is -4.86. The van der Waals surface area contributed by atoms with E-state index in [0.717, 1.165) is 23.8 Å². The third-order valence-corrected chi connectivity index (χ3v) is 7.03. The van der Waals surface area contributed by atoms with E-state index < -0.39 is 17.5 Å². The number of carbonyl (C=O) groups excluding carboxylic acids is 3. The largest absolute Gasteiger partial charge is 0.497 e.